The van der Waals surface area contributed by atoms with Gasteiger partial charge in [0.05, 0.1) is 17.6 Å². The summed E-state index contributed by atoms with van der Waals surface area (Å²) in [4.78, 5) is 22.0. The van der Waals surface area contributed by atoms with Gasteiger partial charge in [-0.2, -0.15) is 5.09 Å². The van der Waals surface area contributed by atoms with Crippen molar-refractivity contribution >= 4 is 41.5 Å². The molecule has 3 atom stereocenters. The van der Waals surface area contributed by atoms with Crippen LogP contribution in [-0.4, -0.2) is 44.0 Å². The van der Waals surface area contributed by atoms with Crippen molar-refractivity contribution in [1.29, 1.82) is 0 Å². The van der Waals surface area contributed by atoms with Gasteiger partial charge in [0.25, 0.3) is 0 Å². The molecule has 0 amide bonds. The molecule has 2 aromatic heterocycles. The topological polar surface area (TPSA) is 160 Å². The second-order valence-electron chi connectivity index (χ2n) is 10.2. The first-order valence-corrected chi connectivity index (χ1v) is 15.5. The van der Waals surface area contributed by atoms with Gasteiger partial charge in [-0.05, 0) is 51.1 Å². The average Bonchev–Trinajstić information content (AvgIpc) is 3.34. The number of imidazole rings is 1. The van der Waals surface area contributed by atoms with Crippen molar-refractivity contribution in [2.45, 2.75) is 45.8 Å². The first kappa shape index (κ1) is 31.1. The van der Waals surface area contributed by atoms with E-state index in [1.165, 1.54) is 13.8 Å². The third-order valence-electron chi connectivity index (χ3n) is 6.53. The first-order valence-electron chi connectivity index (χ1n) is 14.0. The Labute approximate surface area is 254 Å². The molecule has 0 aliphatic carbocycles. The number of nitrogen functional groups attached to an aromatic ring is 1. The van der Waals surface area contributed by atoms with Crippen LogP contribution in [0.2, 0.25) is 0 Å². The number of nitrogens with two attached hydrogens (primary N) is 1. The Bertz CT molecular complexity index is 1800. The Balaban J connectivity index is 1.48. The summed E-state index contributed by atoms with van der Waals surface area (Å²) in [6.45, 7) is 4.91. The molecule has 0 radical (unpaired) electrons. The third kappa shape index (κ3) is 7.24. The minimum absolute atomic E-state index is 0.105. The molecule has 44 heavy (non-hydrogen) atoms. The second-order valence-corrected chi connectivity index (χ2v) is 11.8. The number of para-hydroxylation sites is 3. The van der Waals surface area contributed by atoms with Crippen molar-refractivity contribution < 1.29 is 33.0 Å². The first-order chi connectivity index (χ1) is 21.1. The summed E-state index contributed by atoms with van der Waals surface area (Å²) in [6.07, 6.45) is 0. The van der Waals surface area contributed by atoms with Gasteiger partial charge in [-0.1, -0.05) is 54.6 Å². The van der Waals surface area contributed by atoms with E-state index < -0.39 is 25.5 Å². The van der Waals surface area contributed by atoms with Crippen LogP contribution < -0.4 is 20.1 Å². The van der Waals surface area contributed by atoms with E-state index in [9.17, 15) is 14.5 Å². The fraction of sp³-hybridized carbons (Fsp3) is 0.258. The maximum absolute atomic E-state index is 14.3. The van der Waals surface area contributed by atoms with Gasteiger partial charge in [-0.15, -0.1) is 0 Å². The zero-order valence-electron chi connectivity index (χ0n) is 24.5. The summed E-state index contributed by atoms with van der Waals surface area (Å²) in [5.74, 6) is -1.70. The molecule has 2 heterocycles. The molecule has 0 saturated heterocycles. The number of ether oxygens (including phenoxy) is 2. The fourth-order valence-corrected chi connectivity index (χ4v) is 6.33. The zero-order valence-corrected chi connectivity index (χ0v) is 25.4. The zero-order chi connectivity index (χ0) is 31.3. The molecule has 3 aromatic carbocycles. The number of hydrogen-bond acceptors (Lipinski definition) is 10. The molecule has 13 heteroatoms. The van der Waals surface area contributed by atoms with E-state index in [0.29, 0.717) is 34.7 Å². The molecule has 12 nitrogen and oxygen atoms in total. The van der Waals surface area contributed by atoms with E-state index in [1.54, 1.807) is 65.2 Å². The maximum Gasteiger partial charge on any atom is 0.462 e. The van der Waals surface area contributed by atoms with E-state index in [0.717, 1.165) is 5.39 Å². The van der Waals surface area contributed by atoms with Crippen molar-refractivity contribution in [2.24, 2.45) is 0 Å². The normalized spacial score (nSPS) is 15.0. The minimum atomic E-state index is -4.45. The number of nitrogens with one attached hydrogen (secondary N) is 1. The molecule has 0 aliphatic heterocycles. The van der Waals surface area contributed by atoms with Crippen LogP contribution in [0, 0.1) is 0 Å². The maximum atomic E-state index is 14.3. The van der Waals surface area contributed by atoms with E-state index in [2.05, 4.69) is 15.1 Å². The van der Waals surface area contributed by atoms with Gasteiger partial charge in [0.1, 0.15) is 35.5 Å². The molecule has 0 bridgehead atoms. The molecular formula is C31H34N5O7P. The molecule has 5 aromatic rings. The Morgan fingerprint density at radius 2 is 1.66 bits per heavy atom. The van der Waals surface area contributed by atoms with Crippen LogP contribution in [0.3, 0.4) is 0 Å². The lowest BCUT2D eigenvalue weighted by Gasteiger charge is -2.31. The third-order valence-corrected chi connectivity index (χ3v) is 8.32. The van der Waals surface area contributed by atoms with E-state index in [1.807, 2.05) is 31.2 Å². The number of carbonyl (C=O) groups excluding carboxylic acids is 1. The molecule has 5 rings (SSSR count). The highest BCUT2D eigenvalue weighted by molar-refractivity contribution is 7.52. The van der Waals surface area contributed by atoms with Crippen LogP contribution in [-0.2, 0) is 31.8 Å². The van der Waals surface area contributed by atoms with Crippen molar-refractivity contribution in [3.8, 4) is 11.5 Å². The highest BCUT2D eigenvalue weighted by atomic mass is 31.2. The number of anilines is 1. The Kier molecular flexibility index (Phi) is 9.28. The number of rotatable bonds is 13. The molecule has 0 spiro atoms. The second kappa shape index (κ2) is 13.1. The van der Waals surface area contributed by atoms with Gasteiger partial charge in [-0.3, -0.25) is 4.52 Å². The van der Waals surface area contributed by atoms with E-state index in [4.69, 9.17) is 24.3 Å². The Hall–Kier alpha value is -4.32. The van der Waals surface area contributed by atoms with Gasteiger partial charge in [0.15, 0.2) is 11.6 Å². The number of hydrogen-bond donors (Lipinski definition) is 3. The van der Waals surface area contributed by atoms with Crippen molar-refractivity contribution in [2.75, 3.05) is 12.3 Å². The van der Waals surface area contributed by atoms with Crippen LogP contribution in [0.15, 0.2) is 84.9 Å². The largest absolute Gasteiger partial charge is 0.462 e. The van der Waals surface area contributed by atoms with Crippen molar-refractivity contribution in [3.63, 3.8) is 0 Å². The number of fused-ring (bicyclic) bond motifs is 3. The highest BCUT2D eigenvalue weighted by Crippen LogP contribution is 2.48. The van der Waals surface area contributed by atoms with E-state index >= 15 is 0 Å². The lowest BCUT2D eigenvalue weighted by Crippen LogP contribution is -2.41. The predicted octanol–water partition coefficient (Wildman–Crippen LogP) is 5.20. The molecule has 230 valence electrons. The number of carbonyl (C=O) groups is 1. The van der Waals surface area contributed by atoms with Crippen molar-refractivity contribution in [3.05, 3.63) is 90.8 Å². The summed E-state index contributed by atoms with van der Waals surface area (Å²) >= 11 is 0. The highest BCUT2D eigenvalue weighted by Gasteiger charge is 2.40. The summed E-state index contributed by atoms with van der Waals surface area (Å²) in [5, 5.41) is 15.0. The number of aromatic nitrogens is 3. The number of aliphatic hydroxyl groups is 1. The van der Waals surface area contributed by atoms with Gasteiger partial charge < -0.3 is 29.4 Å². The Morgan fingerprint density at radius 1 is 1.02 bits per heavy atom. The Morgan fingerprint density at radius 3 is 2.34 bits per heavy atom. The summed E-state index contributed by atoms with van der Waals surface area (Å²) in [5.41, 5.74) is 7.94. The smallest absolute Gasteiger partial charge is 0.425 e. The van der Waals surface area contributed by atoms with Gasteiger partial charge in [-0.25, -0.2) is 19.3 Å². The predicted molar refractivity (Wildman–Crippen MR) is 166 cm³/mol. The van der Waals surface area contributed by atoms with Crippen LogP contribution in [0.25, 0.3) is 21.9 Å². The summed E-state index contributed by atoms with van der Waals surface area (Å²) in [6, 6.07) is 23.0. The number of esters is 1. The standard InChI is InChI=1S/C31H34N5O7P/c1-4-40-19-26-34-27-28(24-17-11-12-18-25(24)33-29(27)32)36(26)20-31(3,38)43-44(39,42-23-15-9-6-10-16-23)35-21(2)30(37)41-22-13-7-5-8-14-22/h5-18,21,38H,4,19-20H2,1-3H3,(H2,32,33)(H,35,39)/t21-,31?,44?/m0/s1. The van der Waals surface area contributed by atoms with E-state index in [-0.39, 0.29) is 24.7 Å². The number of pyridine rings is 1. The molecule has 0 aliphatic rings. The van der Waals surface area contributed by atoms with Crippen molar-refractivity contribution in [1.82, 2.24) is 19.6 Å². The van der Waals surface area contributed by atoms with Crippen LogP contribution in [0.5, 0.6) is 11.5 Å². The SMILES string of the molecule is CCOCc1nc2c(N)nc3ccccc3c2n1CC(C)(O)OP(=O)(N[C@@H](C)C(=O)Oc1ccccc1)Oc1ccccc1. The number of benzene rings is 3. The summed E-state index contributed by atoms with van der Waals surface area (Å²) in [7, 11) is -4.45. The van der Waals surface area contributed by atoms with Gasteiger partial charge in [0.2, 0.25) is 0 Å². The minimum Gasteiger partial charge on any atom is -0.425 e. The van der Waals surface area contributed by atoms with Gasteiger partial charge >= 0.3 is 13.7 Å². The number of nitrogens with zero attached hydrogens (tertiary/aromatic N) is 3. The van der Waals surface area contributed by atoms with Crippen LogP contribution >= 0.6 is 7.75 Å². The van der Waals surface area contributed by atoms with Gasteiger partial charge in [0, 0.05) is 12.0 Å². The molecule has 4 N–H and O–H groups in total. The monoisotopic (exact) mass is 619 g/mol. The van der Waals surface area contributed by atoms with Crippen LogP contribution in [0.1, 0.15) is 26.6 Å². The quantitative estimate of drug-likeness (QED) is 0.0688. The lowest BCUT2D eigenvalue weighted by atomic mass is 10.2. The lowest BCUT2D eigenvalue weighted by molar-refractivity contribution is -0.141. The fourth-order valence-electron chi connectivity index (χ4n) is 4.63. The van der Waals surface area contributed by atoms with Crippen LogP contribution in [0.4, 0.5) is 5.82 Å². The molecule has 0 fully saturated rings. The summed E-state index contributed by atoms with van der Waals surface area (Å²) < 4.78 is 38.7. The molecule has 2 unspecified atom stereocenters. The average molecular weight is 620 g/mol. The molecule has 0 saturated carbocycles. The molecular weight excluding hydrogens is 585 g/mol.